The molecule has 144 valence electrons. The molecule has 0 radical (unpaired) electrons. The van der Waals surface area contributed by atoms with Gasteiger partial charge in [0.25, 0.3) is 0 Å². The Hall–Kier alpha value is 0.520. The molecule has 0 spiro atoms. The van der Waals surface area contributed by atoms with Crippen LogP contribution in [0, 0.1) is 0 Å². The summed E-state index contributed by atoms with van der Waals surface area (Å²) in [5, 5.41) is 0. The van der Waals surface area contributed by atoms with E-state index < -0.39 is 29.6 Å². The van der Waals surface area contributed by atoms with E-state index in [2.05, 4.69) is 9.46 Å². The van der Waals surface area contributed by atoms with Gasteiger partial charge in [-0.1, -0.05) is 9.46 Å². The molecule has 0 atom stereocenters. The van der Waals surface area contributed by atoms with Gasteiger partial charge in [0.1, 0.15) is 0 Å². The topological polar surface area (TPSA) is 55.8 Å². The predicted octanol–water partition coefficient (Wildman–Crippen LogP) is 3.49. The van der Waals surface area contributed by atoms with Crippen LogP contribution in [0.4, 0.5) is 60.8 Å². The molecule has 0 aliphatic rings. The molecule has 0 rings (SSSR count). The molecule has 0 aliphatic heterocycles. The monoisotopic (exact) mass is 411 g/mol. The van der Waals surface area contributed by atoms with E-state index >= 15 is 0 Å². The number of hydrogen-bond donors (Lipinski definition) is 1. The third kappa shape index (κ3) is 245. The molecule has 24 heavy (non-hydrogen) atoms. The molecule has 0 aromatic rings. The van der Waals surface area contributed by atoms with E-state index in [1.54, 1.807) is 0 Å². The Bertz CT molecular complexity index is 247. The zero-order chi connectivity index (χ0) is 19.4. The first-order chi connectivity index (χ1) is 9.12. The van der Waals surface area contributed by atoms with Crippen LogP contribution in [-0.4, -0.2) is 64.4 Å². The Morgan fingerprint density at radius 2 is 0.667 bits per heavy atom. The fourth-order valence-corrected chi connectivity index (χ4v) is 0.0319. The van der Waals surface area contributed by atoms with Crippen molar-refractivity contribution in [3.63, 3.8) is 0 Å². The van der Waals surface area contributed by atoms with E-state index in [9.17, 15) is 65.4 Å². The average Bonchev–Trinajstić information content (AvgIpc) is 2.09. The molecule has 0 amide bonds. The van der Waals surface area contributed by atoms with E-state index in [0.717, 1.165) is 0 Å². The summed E-state index contributed by atoms with van der Waals surface area (Å²) in [5.74, 6) is 0. The SMILES string of the molecule is F[B-](F)(F)F.F[B-](F)(F)F.F[B-](F)(F)F.O=P(O)(OF)OF.[LiH].[LiH]. The molecular formula is H3B3F14Li2O4P-3. The first-order valence-corrected chi connectivity index (χ1v) is 5.17. The third-order valence-corrected chi connectivity index (χ3v) is 0.523. The van der Waals surface area contributed by atoms with Crippen LogP contribution in [0.5, 0.6) is 0 Å². The maximum absolute atomic E-state index is 10.4. The van der Waals surface area contributed by atoms with Crippen LogP contribution in [0.2, 0.25) is 0 Å². The Morgan fingerprint density at radius 3 is 0.667 bits per heavy atom. The van der Waals surface area contributed by atoms with Gasteiger partial charge in [0.05, 0.1) is 0 Å². The zero-order valence-electron chi connectivity index (χ0n) is 9.14. The second-order valence-corrected chi connectivity index (χ2v) is 3.30. The summed E-state index contributed by atoms with van der Waals surface area (Å²) in [7, 11) is -23.0. The van der Waals surface area contributed by atoms with Gasteiger partial charge in [0.15, 0.2) is 0 Å². The summed E-state index contributed by atoms with van der Waals surface area (Å²) in [6, 6.07) is 0. The van der Waals surface area contributed by atoms with Crippen molar-refractivity contribution >= 4 is 67.3 Å². The van der Waals surface area contributed by atoms with Gasteiger partial charge in [-0.05, 0) is 9.05 Å². The first-order valence-electron chi connectivity index (χ1n) is 3.67. The summed E-state index contributed by atoms with van der Waals surface area (Å²) in [6.45, 7) is 0. The molecular weight excluding hydrogens is 407 g/mol. The molecule has 0 unspecified atom stereocenters. The maximum atomic E-state index is 10.4. The normalized spacial score (nSPS) is 11.0. The van der Waals surface area contributed by atoms with E-state index in [1.807, 2.05) is 0 Å². The Balaban J connectivity index is -0.0000000443. The molecule has 0 aliphatic carbocycles. The van der Waals surface area contributed by atoms with Crippen molar-refractivity contribution in [3.8, 4) is 0 Å². The van der Waals surface area contributed by atoms with Gasteiger partial charge in [-0.25, -0.2) is 4.57 Å². The van der Waals surface area contributed by atoms with Gasteiger partial charge < -0.3 is 51.8 Å². The van der Waals surface area contributed by atoms with Crippen molar-refractivity contribution in [1.29, 1.82) is 0 Å². The van der Waals surface area contributed by atoms with Gasteiger partial charge in [-0.3, -0.25) is 4.89 Å². The standard InChI is InChI=1S/3BF4.F2HO4P.2Li.2H/c3*2-1(3,4)5;1-5-7(3,4)6-2;;;;/h;;;(H,3,4);;;;/q3*-1;;;;;. The van der Waals surface area contributed by atoms with Crippen molar-refractivity contribution in [3.05, 3.63) is 0 Å². The van der Waals surface area contributed by atoms with Crippen LogP contribution in [0.25, 0.3) is 0 Å². The van der Waals surface area contributed by atoms with Crippen molar-refractivity contribution in [2.24, 2.45) is 0 Å². The summed E-state index contributed by atoms with van der Waals surface area (Å²) in [5.41, 5.74) is 0. The number of hydrogen-bond acceptors (Lipinski definition) is 3. The Kier molecular flexibility index (Phi) is 27.9. The summed E-state index contributed by atoms with van der Waals surface area (Å²) < 4.78 is 151. The van der Waals surface area contributed by atoms with Crippen LogP contribution in [-0.2, 0) is 14.0 Å². The van der Waals surface area contributed by atoms with Gasteiger partial charge in [-0.2, -0.15) is 0 Å². The van der Waals surface area contributed by atoms with E-state index in [-0.39, 0.29) is 37.7 Å². The molecule has 0 heterocycles. The van der Waals surface area contributed by atoms with Crippen molar-refractivity contribution < 1.29 is 79.8 Å². The predicted molar refractivity (Wildman–Crippen MR) is 59.1 cm³/mol. The minimum atomic E-state index is -6.00. The minimum absolute atomic E-state index is 0. The van der Waals surface area contributed by atoms with E-state index in [0.29, 0.717) is 0 Å². The second-order valence-electron chi connectivity index (χ2n) is 2.09. The fourth-order valence-electron chi connectivity index (χ4n) is 0.0106. The van der Waals surface area contributed by atoms with Crippen LogP contribution >= 0.6 is 7.82 Å². The summed E-state index contributed by atoms with van der Waals surface area (Å²) >= 11 is 0. The number of halogens is 14. The second kappa shape index (κ2) is 17.0. The molecule has 0 saturated carbocycles. The molecule has 24 heteroatoms. The van der Waals surface area contributed by atoms with Crippen LogP contribution in [0.15, 0.2) is 0 Å². The molecule has 0 aromatic heterocycles. The van der Waals surface area contributed by atoms with E-state index in [4.69, 9.17) is 4.89 Å². The Morgan fingerprint density at radius 1 is 0.583 bits per heavy atom. The molecule has 0 bridgehead atoms. The summed E-state index contributed by atoms with van der Waals surface area (Å²) in [4.78, 5) is 7.49. The van der Waals surface area contributed by atoms with Crippen molar-refractivity contribution in [2.45, 2.75) is 0 Å². The van der Waals surface area contributed by atoms with Crippen LogP contribution in [0.1, 0.15) is 0 Å². The molecule has 0 saturated heterocycles. The Labute approximate surface area is 147 Å². The van der Waals surface area contributed by atoms with Gasteiger partial charge >= 0.3 is 67.3 Å². The van der Waals surface area contributed by atoms with E-state index in [1.165, 1.54) is 0 Å². The molecule has 4 nitrogen and oxygen atoms in total. The number of phosphoric acid groups is 1. The van der Waals surface area contributed by atoms with Crippen molar-refractivity contribution in [2.75, 3.05) is 0 Å². The fraction of sp³-hybridized carbons (Fsp3) is 0. The molecule has 0 aromatic carbocycles. The van der Waals surface area contributed by atoms with Crippen LogP contribution < -0.4 is 0 Å². The van der Waals surface area contributed by atoms with Gasteiger partial charge in [0, 0.05) is 0 Å². The third-order valence-electron chi connectivity index (χ3n) is 0.174. The van der Waals surface area contributed by atoms with Gasteiger partial charge in [0.2, 0.25) is 0 Å². The molecule has 0 fully saturated rings. The average molecular weight is 410 g/mol. The molecule has 1 N–H and O–H groups in total. The van der Waals surface area contributed by atoms with Gasteiger partial charge in [-0.15, -0.1) is 0 Å². The van der Waals surface area contributed by atoms with Crippen molar-refractivity contribution in [1.82, 2.24) is 0 Å². The first kappa shape index (κ1) is 39.5. The zero-order valence-corrected chi connectivity index (χ0v) is 10.0. The van der Waals surface area contributed by atoms with Crippen LogP contribution in [0.3, 0.4) is 0 Å². The number of rotatable bonds is 2. The quantitative estimate of drug-likeness (QED) is 0.430. The summed E-state index contributed by atoms with van der Waals surface area (Å²) in [6.07, 6.45) is 0.